The summed E-state index contributed by atoms with van der Waals surface area (Å²) in [5.74, 6) is -0.466. The largest absolute Gasteiger partial charge is 0.573 e. The van der Waals surface area contributed by atoms with Crippen LogP contribution in [0, 0.1) is 5.92 Å². The smallest absolute Gasteiger partial charge is 0.405 e. The monoisotopic (exact) mass is 276 g/mol. The van der Waals surface area contributed by atoms with Crippen LogP contribution in [-0.4, -0.2) is 24.7 Å². The highest BCUT2D eigenvalue weighted by atomic mass is 19.4. The molecule has 19 heavy (non-hydrogen) atoms. The summed E-state index contributed by atoms with van der Waals surface area (Å²) in [6.45, 7) is 0.354. The van der Waals surface area contributed by atoms with Gasteiger partial charge in [0.1, 0.15) is 5.75 Å². The number of hydrogen-bond acceptors (Lipinski definition) is 3. The summed E-state index contributed by atoms with van der Waals surface area (Å²) in [7, 11) is 0. The number of halogens is 3. The van der Waals surface area contributed by atoms with Crippen LogP contribution >= 0.6 is 0 Å². The second-order valence-corrected chi connectivity index (χ2v) is 4.46. The third-order valence-electron chi connectivity index (χ3n) is 3.13. The standard InChI is InChI=1S/C13H15F3O3/c14-13(15,16)19-11-6-2-1-5-10(11)12-9(8-17)4-3-7-18-12/h1-2,5-6,9,12,17H,3-4,7-8H2. The minimum Gasteiger partial charge on any atom is -0.405 e. The van der Waals surface area contributed by atoms with Gasteiger partial charge in [-0.3, -0.25) is 0 Å². The van der Waals surface area contributed by atoms with Crippen LogP contribution in [0.2, 0.25) is 0 Å². The normalized spacial score (nSPS) is 24.2. The SMILES string of the molecule is OCC1CCCOC1c1ccccc1OC(F)(F)F. The Morgan fingerprint density at radius 2 is 2.05 bits per heavy atom. The molecular weight excluding hydrogens is 261 g/mol. The maximum Gasteiger partial charge on any atom is 0.573 e. The summed E-state index contributed by atoms with van der Waals surface area (Å²) in [5, 5.41) is 9.30. The van der Waals surface area contributed by atoms with Crippen molar-refractivity contribution in [1.82, 2.24) is 0 Å². The van der Waals surface area contributed by atoms with Crippen molar-refractivity contribution in [3.05, 3.63) is 29.8 Å². The molecule has 106 valence electrons. The van der Waals surface area contributed by atoms with Gasteiger partial charge < -0.3 is 14.6 Å². The Bertz CT molecular complexity index is 420. The lowest BCUT2D eigenvalue weighted by molar-refractivity contribution is -0.275. The molecule has 2 rings (SSSR count). The van der Waals surface area contributed by atoms with Crippen LogP contribution in [0.1, 0.15) is 24.5 Å². The Labute approximate surface area is 108 Å². The van der Waals surface area contributed by atoms with E-state index < -0.39 is 12.5 Å². The third-order valence-corrected chi connectivity index (χ3v) is 3.13. The third kappa shape index (κ3) is 3.61. The Morgan fingerprint density at radius 3 is 2.74 bits per heavy atom. The van der Waals surface area contributed by atoms with Gasteiger partial charge in [0.05, 0.1) is 6.10 Å². The van der Waals surface area contributed by atoms with E-state index in [1.54, 1.807) is 12.1 Å². The van der Waals surface area contributed by atoms with Gasteiger partial charge in [-0.05, 0) is 18.9 Å². The fourth-order valence-corrected chi connectivity index (χ4v) is 2.31. The molecule has 0 saturated carbocycles. The first-order valence-corrected chi connectivity index (χ1v) is 6.08. The van der Waals surface area contributed by atoms with E-state index in [0.29, 0.717) is 12.2 Å². The van der Waals surface area contributed by atoms with Gasteiger partial charge in [-0.2, -0.15) is 0 Å². The van der Waals surface area contributed by atoms with Crippen molar-refractivity contribution in [2.24, 2.45) is 5.92 Å². The number of aliphatic hydroxyl groups excluding tert-OH is 1. The fraction of sp³-hybridized carbons (Fsp3) is 0.538. The van der Waals surface area contributed by atoms with Crippen molar-refractivity contribution in [3.8, 4) is 5.75 Å². The van der Waals surface area contributed by atoms with Crippen LogP contribution in [0.25, 0.3) is 0 Å². The van der Waals surface area contributed by atoms with Crippen LogP contribution in [0.3, 0.4) is 0 Å². The lowest BCUT2D eigenvalue weighted by Crippen LogP contribution is -2.27. The molecule has 1 heterocycles. The van der Waals surface area contributed by atoms with Gasteiger partial charge in [0.15, 0.2) is 0 Å². The number of hydrogen-bond donors (Lipinski definition) is 1. The number of rotatable bonds is 3. The van der Waals surface area contributed by atoms with Gasteiger partial charge in [-0.1, -0.05) is 18.2 Å². The van der Waals surface area contributed by atoms with Crippen molar-refractivity contribution in [3.63, 3.8) is 0 Å². The summed E-state index contributed by atoms with van der Waals surface area (Å²) >= 11 is 0. The first kappa shape index (κ1) is 14.1. The molecular formula is C13H15F3O3. The maximum absolute atomic E-state index is 12.4. The molecule has 1 aromatic carbocycles. The van der Waals surface area contributed by atoms with E-state index in [-0.39, 0.29) is 18.3 Å². The van der Waals surface area contributed by atoms with Crippen LogP contribution in [0.4, 0.5) is 13.2 Å². The van der Waals surface area contributed by atoms with Crippen LogP contribution in [-0.2, 0) is 4.74 Å². The number of para-hydroxylation sites is 1. The average Bonchev–Trinajstić information content (AvgIpc) is 2.37. The van der Waals surface area contributed by atoms with E-state index in [1.165, 1.54) is 12.1 Å². The van der Waals surface area contributed by atoms with Crippen LogP contribution in [0.15, 0.2) is 24.3 Å². The summed E-state index contributed by atoms with van der Waals surface area (Å²) < 4.78 is 46.6. The van der Waals surface area contributed by atoms with E-state index in [4.69, 9.17) is 4.74 Å². The molecule has 2 unspecified atom stereocenters. The molecule has 1 fully saturated rings. The van der Waals surface area contributed by atoms with E-state index in [0.717, 1.165) is 12.8 Å². The Kier molecular flexibility index (Phi) is 4.31. The lowest BCUT2D eigenvalue weighted by Gasteiger charge is -2.31. The summed E-state index contributed by atoms with van der Waals surface area (Å²) in [5.41, 5.74) is 0.332. The molecule has 6 heteroatoms. The molecule has 0 bridgehead atoms. The zero-order chi connectivity index (χ0) is 13.9. The van der Waals surface area contributed by atoms with Gasteiger partial charge in [-0.25, -0.2) is 0 Å². The second-order valence-electron chi connectivity index (χ2n) is 4.46. The first-order chi connectivity index (χ1) is 9.01. The molecule has 2 atom stereocenters. The second kappa shape index (κ2) is 5.79. The molecule has 0 aromatic heterocycles. The molecule has 1 aliphatic rings. The van der Waals surface area contributed by atoms with Gasteiger partial charge >= 0.3 is 6.36 Å². The molecule has 0 spiro atoms. The van der Waals surface area contributed by atoms with Crippen molar-refractivity contribution in [1.29, 1.82) is 0 Å². The summed E-state index contributed by atoms with van der Waals surface area (Å²) in [6.07, 6.45) is -3.78. The van der Waals surface area contributed by atoms with Gasteiger partial charge in [0, 0.05) is 24.7 Å². The highest BCUT2D eigenvalue weighted by Crippen LogP contribution is 2.39. The quantitative estimate of drug-likeness (QED) is 0.922. The van der Waals surface area contributed by atoms with Crippen molar-refractivity contribution < 1.29 is 27.8 Å². The maximum atomic E-state index is 12.4. The minimum absolute atomic E-state index is 0.120. The zero-order valence-corrected chi connectivity index (χ0v) is 10.2. The zero-order valence-electron chi connectivity index (χ0n) is 10.2. The van der Waals surface area contributed by atoms with Gasteiger partial charge in [0.2, 0.25) is 0 Å². The molecule has 0 radical (unpaired) electrons. The summed E-state index contributed by atoms with van der Waals surface area (Å²) in [4.78, 5) is 0. The topological polar surface area (TPSA) is 38.7 Å². The fourth-order valence-electron chi connectivity index (χ4n) is 2.31. The number of benzene rings is 1. The Morgan fingerprint density at radius 1 is 1.32 bits per heavy atom. The summed E-state index contributed by atoms with van der Waals surface area (Å²) in [6, 6.07) is 5.90. The van der Waals surface area contributed by atoms with Gasteiger partial charge in [0.25, 0.3) is 0 Å². The van der Waals surface area contributed by atoms with Crippen molar-refractivity contribution in [2.45, 2.75) is 25.3 Å². The highest BCUT2D eigenvalue weighted by Gasteiger charge is 2.35. The van der Waals surface area contributed by atoms with E-state index in [1.807, 2.05) is 0 Å². The Hall–Kier alpha value is -1.27. The number of alkyl halides is 3. The van der Waals surface area contributed by atoms with Gasteiger partial charge in [-0.15, -0.1) is 13.2 Å². The number of ether oxygens (including phenoxy) is 2. The highest BCUT2D eigenvalue weighted by molar-refractivity contribution is 5.36. The molecule has 0 amide bonds. The lowest BCUT2D eigenvalue weighted by atomic mass is 9.90. The molecule has 1 aromatic rings. The predicted molar refractivity (Wildman–Crippen MR) is 61.6 cm³/mol. The molecule has 0 aliphatic carbocycles. The minimum atomic E-state index is -4.74. The van der Waals surface area contributed by atoms with Crippen LogP contribution in [0.5, 0.6) is 5.75 Å². The van der Waals surface area contributed by atoms with E-state index in [2.05, 4.69) is 4.74 Å². The molecule has 1 saturated heterocycles. The molecule has 1 N–H and O–H groups in total. The van der Waals surface area contributed by atoms with E-state index >= 15 is 0 Å². The average molecular weight is 276 g/mol. The molecule has 3 nitrogen and oxygen atoms in total. The Balaban J connectivity index is 2.27. The predicted octanol–water partition coefficient (Wildman–Crippen LogP) is 3.05. The molecule has 1 aliphatic heterocycles. The van der Waals surface area contributed by atoms with Crippen LogP contribution < -0.4 is 4.74 Å². The van der Waals surface area contributed by atoms with E-state index in [9.17, 15) is 18.3 Å². The number of aliphatic hydroxyl groups is 1. The first-order valence-electron chi connectivity index (χ1n) is 6.08. The van der Waals surface area contributed by atoms with Crippen molar-refractivity contribution in [2.75, 3.05) is 13.2 Å². The van der Waals surface area contributed by atoms with Crippen molar-refractivity contribution >= 4 is 0 Å².